The normalized spacial score (nSPS) is 32.9. The highest BCUT2D eigenvalue weighted by atomic mass is 35.5. The van der Waals surface area contributed by atoms with E-state index in [4.69, 9.17) is 11.5 Å². The molecule has 0 bridgehead atoms. The molecule has 0 fully saturated rings. The molecule has 0 radical (unpaired) electrons. The van der Waals surface area contributed by atoms with Crippen molar-refractivity contribution in [3.05, 3.63) is 23.9 Å². The maximum Gasteiger partial charge on any atom is 0.0986 e. The van der Waals surface area contributed by atoms with Gasteiger partial charge in [0.1, 0.15) is 0 Å². The number of nitrogens with two attached hydrogens (primary N) is 2. The predicted octanol–water partition coefficient (Wildman–Crippen LogP) is 1.13. The summed E-state index contributed by atoms with van der Waals surface area (Å²) in [6.07, 6.45) is 5.28. The molecule has 72 valence electrons. The van der Waals surface area contributed by atoms with Crippen LogP contribution in [0.4, 0.5) is 0 Å². The van der Waals surface area contributed by atoms with E-state index in [1.54, 1.807) is 12.2 Å². The van der Waals surface area contributed by atoms with E-state index in [1.165, 1.54) is 0 Å². The van der Waals surface area contributed by atoms with E-state index in [0.29, 0.717) is 5.70 Å². The first kappa shape index (κ1) is 15.0. The summed E-state index contributed by atoms with van der Waals surface area (Å²) in [6.45, 7) is 0. The summed E-state index contributed by atoms with van der Waals surface area (Å²) in [5, 5.41) is -0.0103. The molecule has 1 rings (SSSR count). The van der Waals surface area contributed by atoms with E-state index >= 15 is 0 Å². The predicted molar refractivity (Wildman–Crippen MR) is 64.6 cm³/mol. The maximum atomic E-state index is 5.62. The molecule has 1 aliphatic carbocycles. The molecule has 0 aliphatic heterocycles. The van der Waals surface area contributed by atoms with Gasteiger partial charge in [0.15, 0.2) is 0 Å². The van der Waals surface area contributed by atoms with Crippen LogP contribution in [0.15, 0.2) is 23.9 Å². The molecule has 2 nitrogen and oxygen atoms in total. The fraction of sp³-hybridized carbons (Fsp3) is 0.333. The number of thiol groups is 2. The Morgan fingerprint density at radius 2 is 1.92 bits per heavy atom. The lowest BCUT2D eigenvalue weighted by molar-refractivity contribution is 0.901. The average Bonchev–Trinajstić information content (AvgIpc) is 1.79. The Bertz CT molecular complexity index is 204. The van der Waals surface area contributed by atoms with Gasteiger partial charge in [-0.1, -0.05) is 12.2 Å². The van der Waals surface area contributed by atoms with E-state index in [1.807, 2.05) is 6.08 Å². The zero-order valence-electron chi connectivity index (χ0n) is 6.18. The van der Waals surface area contributed by atoms with Crippen molar-refractivity contribution in [3.8, 4) is 0 Å². The Hall–Kier alpha value is 0.520. The Balaban J connectivity index is 0. The molecule has 4 N–H and O–H groups in total. The lowest BCUT2D eigenvalue weighted by atomic mass is 10.1. The van der Waals surface area contributed by atoms with Gasteiger partial charge >= 0.3 is 0 Å². The molecular formula is C6H12Cl2N2S2. The Morgan fingerprint density at radius 1 is 1.42 bits per heavy atom. The van der Waals surface area contributed by atoms with Gasteiger partial charge < -0.3 is 11.5 Å². The van der Waals surface area contributed by atoms with Crippen molar-refractivity contribution in [1.29, 1.82) is 0 Å². The van der Waals surface area contributed by atoms with Gasteiger partial charge in [-0.15, -0.1) is 37.4 Å². The Kier molecular flexibility index (Phi) is 6.62. The van der Waals surface area contributed by atoms with E-state index in [-0.39, 0.29) is 30.1 Å². The lowest BCUT2D eigenvalue weighted by Gasteiger charge is -2.22. The average molecular weight is 247 g/mol. The van der Waals surface area contributed by atoms with Gasteiger partial charge in [0.25, 0.3) is 0 Å². The standard InChI is InChI=1S/C6H10N2S2.2ClH/c7-4-3-6(8,10)2-1-5(4)9;;/h1-3,5,9-10H,7-8H2;2*1H. The molecule has 0 heterocycles. The van der Waals surface area contributed by atoms with Crippen LogP contribution in [0, 0.1) is 0 Å². The lowest BCUT2D eigenvalue weighted by Crippen LogP contribution is -2.33. The van der Waals surface area contributed by atoms with Gasteiger partial charge in [0, 0.05) is 5.70 Å². The van der Waals surface area contributed by atoms with Gasteiger partial charge in [-0.3, -0.25) is 0 Å². The molecule has 0 aromatic rings. The van der Waals surface area contributed by atoms with Crippen molar-refractivity contribution in [1.82, 2.24) is 0 Å². The zero-order valence-corrected chi connectivity index (χ0v) is 9.60. The second-order valence-corrected chi connectivity index (χ2v) is 3.67. The zero-order chi connectivity index (χ0) is 7.78. The van der Waals surface area contributed by atoms with Crippen LogP contribution in [0.2, 0.25) is 0 Å². The van der Waals surface area contributed by atoms with Crippen LogP contribution in [-0.4, -0.2) is 10.1 Å². The largest absolute Gasteiger partial charge is 0.401 e. The number of halogens is 2. The van der Waals surface area contributed by atoms with E-state index < -0.39 is 4.87 Å². The van der Waals surface area contributed by atoms with E-state index in [2.05, 4.69) is 25.3 Å². The molecular weight excluding hydrogens is 235 g/mol. The summed E-state index contributed by atoms with van der Waals surface area (Å²) in [4.78, 5) is -0.691. The number of hydrogen-bond donors (Lipinski definition) is 4. The van der Waals surface area contributed by atoms with Gasteiger partial charge in [-0.2, -0.15) is 12.6 Å². The van der Waals surface area contributed by atoms with Gasteiger partial charge in [0.2, 0.25) is 0 Å². The first-order valence-electron chi connectivity index (χ1n) is 2.88. The summed E-state index contributed by atoms with van der Waals surface area (Å²) < 4.78 is 0. The fourth-order valence-electron chi connectivity index (χ4n) is 0.757. The van der Waals surface area contributed by atoms with E-state index in [9.17, 15) is 0 Å². The second-order valence-electron chi connectivity index (χ2n) is 2.34. The summed E-state index contributed by atoms with van der Waals surface area (Å²) in [5.74, 6) is 0. The first-order valence-corrected chi connectivity index (χ1v) is 3.84. The molecule has 6 heteroatoms. The third-order valence-electron chi connectivity index (χ3n) is 1.28. The smallest absolute Gasteiger partial charge is 0.0986 e. The number of hydrogen-bond acceptors (Lipinski definition) is 4. The van der Waals surface area contributed by atoms with Crippen LogP contribution < -0.4 is 11.5 Å². The molecule has 1 aliphatic rings. The summed E-state index contributed by atoms with van der Waals surface area (Å²) in [6, 6.07) is 0. The molecule has 2 unspecified atom stereocenters. The second kappa shape index (κ2) is 5.29. The maximum absolute atomic E-state index is 5.62. The van der Waals surface area contributed by atoms with Crippen LogP contribution in [0.1, 0.15) is 0 Å². The van der Waals surface area contributed by atoms with Crippen LogP contribution in [0.25, 0.3) is 0 Å². The summed E-state index contributed by atoms with van der Waals surface area (Å²) in [7, 11) is 0. The van der Waals surface area contributed by atoms with Crippen LogP contribution >= 0.6 is 50.1 Å². The summed E-state index contributed by atoms with van der Waals surface area (Å²) in [5.41, 5.74) is 11.8. The molecule has 12 heavy (non-hydrogen) atoms. The highest BCUT2D eigenvalue weighted by Gasteiger charge is 2.19. The van der Waals surface area contributed by atoms with Gasteiger partial charge in [0.05, 0.1) is 10.1 Å². The van der Waals surface area contributed by atoms with Crippen LogP contribution in [0.5, 0.6) is 0 Å². The van der Waals surface area contributed by atoms with E-state index in [0.717, 1.165) is 0 Å². The number of rotatable bonds is 0. The molecule has 0 saturated carbocycles. The SMILES string of the molecule is Cl.Cl.NC1=CC(N)(S)C=CC1S. The third-order valence-corrected chi connectivity index (χ3v) is 2.03. The van der Waals surface area contributed by atoms with Crippen molar-refractivity contribution in [2.75, 3.05) is 0 Å². The fourth-order valence-corrected chi connectivity index (χ4v) is 1.15. The highest BCUT2D eigenvalue weighted by molar-refractivity contribution is 7.82. The van der Waals surface area contributed by atoms with Gasteiger partial charge in [-0.25, -0.2) is 0 Å². The van der Waals surface area contributed by atoms with Gasteiger partial charge in [-0.05, 0) is 6.08 Å². The minimum Gasteiger partial charge on any atom is -0.401 e. The van der Waals surface area contributed by atoms with Crippen molar-refractivity contribution >= 4 is 50.1 Å². The monoisotopic (exact) mass is 246 g/mol. The molecule has 0 aromatic carbocycles. The molecule has 2 atom stereocenters. The highest BCUT2D eigenvalue weighted by Crippen LogP contribution is 2.21. The van der Waals surface area contributed by atoms with Crippen molar-refractivity contribution in [2.45, 2.75) is 10.1 Å². The van der Waals surface area contributed by atoms with Crippen molar-refractivity contribution in [3.63, 3.8) is 0 Å². The first-order chi connectivity index (χ1) is 4.51. The summed E-state index contributed by atoms with van der Waals surface area (Å²) >= 11 is 8.28. The van der Waals surface area contributed by atoms with Crippen LogP contribution in [-0.2, 0) is 0 Å². The molecule has 0 aromatic heterocycles. The topological polar surface area (TPSA) is 52.0 Å². The van der Waals surface area contributed by atoms with Crippen molar-refractivity contribution in [2.24, 2.45) is 11.5 Å². The third kappa shape index (κ3) is 3.96. The minimum atomic E-state index is -0.691. The quantitative estimate of drug-likeness (QED) is 0.294. The minimum absolute atomic E-state index is 0. The van der Waals surface area contributed by atoms with Crippen molar-refractivity contribution < 1.29 is 0 Å². The van der Waals surface area contributed by atoms with Crippen LogP contribution in [0.3, 0.4) is 0 Å². The molecule has 0 spiro atoms. The molecule has 0 saturated heterocycles. The Labute approximate surface area is 95.5 Å². The molecule has 0 amide bonds. The Morgan fingerprint density at radius 3 is 2.25 bits per heavy atom.